The third-order valence-corrected chi connectivity index (χ3v) is 5.68. The van der Waals surface area contributed by atoms with Gasteiger partial charge in [0, 0.05) is 64.3 Å². The lowest BCUT2D eigenvalue weighted by Gasteiger charge is -2.21. The Labute approximate surface area is 199 Å². The van der Waals surface area contributed by atoms with Crippen LogP contribution in [-0.2, 0) is 9.47 Å². The monoisotopic (exact) mass is 530 g/mol. The molecule has 2 heterocycles. The average Bonchev–Trinajstić information content (AvgIpc) is 3.20. The Kier molecular flexibility index (Phi) is 11.8. The summed E-state index contributed by atoms with van der Waals surface area (Å²) in [5.74, 6) is 1.60. The van der Waals surface area contributed by atoms with E-state index in [1.54, 1.807) is 0 Å². The maximum Gasteiger partial charge on any atom is 0.191 e. The molecule has 2 saturated heterocycles. The molecule has 1 aromatic rings. The third-order valence-electron chi connectivity index (χ3n) is 5.68. The van der Waals surface area contributed by atoms with Gasteiger partial charge in [-0.05, 0) is 57.6 Å². The van der Waals surface area contributed by atoms with E-state index in [0.29, 0.717) is 12.0 Å². The van der Waals surface area contributed by atoms with Gasteiger partial charge in [0.1, 0.15) is 0 Å². The molecule has 1 atom stereocenters. The van der Waals surface area contributed by atoms with Crippen molar-refractivity contribution >= 4 is 35.6 Å². The van der Waals surface area contributed by atoms with Gasteiger partial charge in [-0.15, -0.1) is 24.0 Å². The van der Waals surface area contributed by atoms with Crippen molar-refractivity contribution in [3.05, 3.63) is 29.8 Å². The highest BCUT2D eigenvalue weighted by molar-refractivity contribution is 14.0. The molecule has 3 rings (SSSR count). The zero-order valence-corrected chi connectivity index (χ0v) is 20.9. The minimum absolute atomic E-state index is 0. The van der Waals surface area contributed by atoms with Crippen molar-refractivity contribution in [1.29, 1.82) is 0 Å². The summed E-state index contributed by atoms with van der Waals surface area (Å²) in [6, 6.07) is 9.24. The molecule has 2 aliphatic rings. The van der Waals surface area contributed by atoms with Gasteiger partial charge in [0.05, 0.1) is 0 Å². The first-order valence-corrected chi connectivity index (χ1v) is 11.3. The smallest absolute Gasteiger partial charge is 0.191 e. The SMILES string of the molecule is CCNC(=NCCCOCC1CCOCC1)NC1CCN(c2ccc(C)cc2)C1.I. The van der Waals surface area contributed by atoms with Crippen molar-refractivity contribution in [2.45, 2.75) is 45.6 Å². The van der Waals surface area contributed by atoms with Crippen LogP contribution in [0.2, 0.25) is 0 Å². The van der Waals surface area contributed by atoms with Gasteiger partial charge in [0.15, 0.2) is 5.96 Å². The summed E-state index contributed by atoms with van der Waals surface area (Å²) < 4.78 is 11.2. The Hall–Kier alpha value is -1.06. The molecule has 2 aliphatic heterocycles. The fourth-order valence-electron chi connectivity index (χ4n) is 3.90. The van der Waals surface area contributed by atoms with Gasteiger partial charge in [-0.1, -0.05) is 17.7 Å². The highest BCUT2D eigenvalue weighted by atomic mass is 127. The van der Waals surface area contributed by atoms with Crippen molar-refractivity contribution < 1.29 is 9.47 Å². The summed E-state index contributed by atoms with van der Waals surface area (Å²) in [4.78, 5) is 7.20. The van der Waals surface area contributed by atoms with Crippen LogP contribution in [0.4, 0.5) is 5.69 Å². The number of rotatable bonds is 9. The van der Waals surface area contributed by atoms with Gasteiger partial charge in [-0.25, -0.2) is 0 Å². The molecule has 0 aromatic heterocycles. The number of aliphatic imine (C=N–C) groups is 1. The van der Waals surface area contributed by atoms with Crippen molar-refractivity contribution in [2.24, 2.45) is 10.9 Å². The van der Waals surface area contributed by atoms with E-state index >= 15 is 0 Å². The molecular formula is C23H39IN4O2. The number of hydrogen-bond donors (Lipinski definition) is 2. The first kappa shape index (κ1) is 25.2. The van der Waals surface area contributed by atoms with Crippen molar-refractivity contribution in [3.63, 3.8) is 0 Å². The number of aryl methyl sites for hydroxylation is 1. The van der Waals surface area contributed by atoms with E-state index in [2.05, 4.69) is 53.6 Å². The Morgan fingerprint density at radius 3 is 2.70 bits per heavy atom. The van der Waals surface area contributed by atoms with Crippen LogP contribution in [0.1, 0.15) is 38.2 Å². The number of guanidine groups is 1. The first-order valence-electron chi connectivity index (χ1n) is 11.3. The molecular weight excluding hydrogens is 491 g/mol. The second kappa shape index (κ2) is 14.1. The third kappa shape index (κ3) is 8.59. The molecule has 1 unspecified atom stereocenters. The number of hydrogen-bond acceptors (Lipinski definition) is 4. The zero-order chi connectivity index (χ0) is 20.3. The summed E-state index contributed by atoms with van der Waals surface area (Å²) in [6.45, 7) is 11.4. The van der Waals surface area contributed by atoms with E-state index in [4.69, 9.17) is 14.5 Å². The van der Waals surface area contributed by atoms with Crippen LogP contribution in [0.25, 0.3) is 0 Å². The van der Waals surface area contributed by atoms with E-state index in [0.717, 1.165) is 84.2 Å². The lowest BCUT2D eigenvalue weighted by molar-refractivity contribution is 0.0205. The van der Waals surface area contributed by atoms with E-state index in [1.807, 2.05) is 0 Å². The number of halogens is 1. The first-order chi connectivity index (χ1) is 14.2. The summed E-state index contributed by atoms with van der Waals surface area (Å²) in [5.41, 5.74) is 2.62. The average molecular weight is 530 g/mol. The van der Waals surface area contributed by atoms with Gasteiger partial charge in [-0.3, -0.25) is 4.99 Å². The Morgan fingerprint density at radius 1 is 1.20 bits per heavy atom. The van der Waals surface area contributed by atoms with Crippen LogP contribution in [-0.4, -0.2) is 64.6 Å². The zero-order valence-electron chi connectivity index (χ0n) is 18.6. The van der Waals surface area contributed by atoms with Crippen LogP contribution in [0.5, 0.6) is 0 Å². The molecule has 170 valence electrons. The quantitative estimate of drug-likeness (QED) is 0.221. The minimum atomic E-state index is 0. The second-order valence-corrected chi connectivity index (χ2v) is 8.16. The van der Waals surface area contributed by atoms with E-state index in [1.165, 1.54) is 11.3 Å². The highest BCUT2D eigenvalue weighted by Gasteiger charge is 2.23. The van der Waals surface area contributed by atoms with E-state index in [9.17, 15) is 0 Å². The molecule has 0 aliphatic carbocycles. The van der Waals surface area contributed by atoms with Gasteiger partial charge >= 0.3 is 0 Å². The molecule has 0 amide bonds. The molecule has 0 bridgehead atoms. The molecule has 7 heteroatoms. The van der Waals surface area contributed by atoms with Crippen LogP contribution in [0.3, 0.4) is 0 Å². The lowest BCUT2D eigenvalue weighted by Crippen LogP contribution is -2.44. The number of benzene rings is 1. The molecule has 1 aromatic carbocycles. The standard InChI is InChI=1S/C23H38N4O2.HI/c1-3-24-23(25-12-4-14-29-18-20-10-15-28-16-11-20)26-21-9-13-27(17-21)22-7-5-19(2)6-8-22;/h5-8,20-21H,3-4,9-18H2,1-2H3,(H2,24,25,26);1H. The molecule has 2 N–H and O–H groups in total. The van der Waals surface area contributed by atoms with Crippen LogP contribution >= 0.6 is 24.0 Å². The maximum atomic E-state index is 5.85. The van der Waals surface area contributed by atoms with E-state index < -0.39 is 0 Å². The number of ether oxygens (including phenoxy) is 2. The number of nitrogens with zero attached hydrogens (tertiary/aromatic N) is 2. The van der Waals surface area contributed by atoms with Gasteiger partial charge < -0.3 is 25.0 Å². The predicted molar refractivity (Wildman–Crippen MR) is 135 cm³/mol. The van der Waals surface area contributed by atoms with Gasteiger partial charge in [0.25, 0.3) is 0 Å². The lowest BCUT2D eigenvalue weighted by atomic mass is 10.0. The predicted octanol–water partition coefficient (Wildman–Crippen LogP) is 3.58. The fraction of sp³-hybridized carbons (Fsp3) is 0.696. The van der Waals surface area contributed by atoms with Gasteiger partial charge in [0.2, 0.25) is 0 Å². The summed E-state index contributed by atoms with van der Waals surface area (Å²) >= 11 is 0. The van der Waals surface area contributed by atoms with Crippen LogP contribution in [0.15, 0.2) is 29.3 Å². The topological polar surface area (TPSA) is 58.1 Å². The molecule has 0 spiro atoms. The van der Waals surface area contributed by atoms with Gasteiger partial charge in [-0.2, -0.15) is 0 Å². The Morgan fingerprint density at radius 2 is 1.97 bits per heavy atom. The van der Waals surface area contributed by atoms with Crippen molar-refractivity contribution in [1.82, 2.24) is 10.6 Å². The summed E-state index contributed by atoms with van der Waals surface area (Å²) in [5, 5.41) is 6.99. The highest BCUT2D eigenvalue weighted by Crippen LogP contribution is 2.20. The molecule has 0 saturated carbocycles. The van der Waals surface area contributed by atoms with Crippen LogP contribution in [0, 0.1) is 12.8 Å². The maximum absolute atomic E-state index is 5.85. The molecule has 0 radical (unpaired) electrons. The molecule has 6 nitrogen and oxygen atoms in total. The summed E-state index contributed by atoms with van der Waals surface area (Å²) in [7, 11) is 0. The normalized spacial score (nSPS) is 20.1. The van der Waals surface area contributed by atoms with Crippen LogP contribution < -0.4 is 15.5 Å². The fourth-order valence-corrected chi connectivity index (χ4v) is 3.90. The van der Waals surface area contributed by atoms with Crippen molar-refractivity contribution in [3.8, 4) is 0 Å². The van der Waals surface area contributed by atoms with Crippen molar-refractivity contribution in [2.75, 3.05) is 57.5 Å². The number of nitrogens with one attached hydrogen (secondary N) is 2. The number of anilines is 1. The Balaban J connectivity index is 0.00000320. The second-order valence-electron chi connectivity index (χ2n) is 8.16. The largest absolute Gasteiger partial charge is 0.381 e. The summed E-state index contributed by atoms with van der Waals surface area (Å²) in [6.07, 6.45) is 4.35. The Bertz CT molecular complexity index is 620. The van der Waals surface area contributed by atoms with E-state index in [-0.39, 0.29) is 24.0 Å². The minimum Gasteiger partial charge on any atom is -0.381 e. The molecule has 2 fully saturated rings. The molecule has 30 heavy (non-hydrogen) atoms.